The number of sulfone groups is 1. The molecule has 0 spiro atoms. The molecular weight excluding hydrogens is 200 g/mol. The van der Waals surface area contributed by atoms with Gasteiger partial charge in [-0.1, -0.05) is 12.1 Å². The first-order valence-electron chi connectivity index (χ1n) is 4.09. The summed E-state index contributed by atoms with van der Waals surface area (Å²) in [6.45, 7) is 1.82. The Bertz CT molecular complexity index is 538. The molecule has 0 saturated heterocycles. The van der Waals surface area contributed by atoms with Crippen molar-refractivity contribution in [1.82, 2.24) is 0 Å². The summed E-state index contributed by atoms with van der Waals surface area (Å²) in [6.07, 6.45) is 1.81. The summed E-state index contributed by atoms with van der Waals surface area (Å²) >= 11 is 0. The first kappa shape index (κ1) is 9.15. The third-order valence-corrected chi connectivity index (χ3v) is 4.06. The van der Waals surface area contributed by atoms with Crippen molar-refractivity contribution in [2.24, 2.45) is 0 Å². The van der Waals surface area contributed by atoms with E-state index in [1.54, 1.807) is 6.07 Å². The maximum Gasteiger partial charge on any atom is 0.210 e. The number of aryl methyl sites for hydroxylation is 1. The summed E-state index contributed by atoms with van der Waals surface area (Å²) in [5, 5.41) is 0. The lowest BCUT2D eigenvalue weighted by Crippen LogP contribution is -2.01. The van der Waals surface area contributed by atoms with Gasteiger partial charge in [-0.15, -0.1) is 0 Å². The summed E-state index contributed by atoms with van der Waals surface area (Å²) in [5.41, 5.74) is 1.50. The second-order valence-corrected chi connectivity index (χ2v) is 5.07. The highest BCUT2D eigenvalue weighted by Crippen LogP contribution is 2.33. The fraction of sp³-hybridized carbons (Fsp3) is 0.100. The Balaban J connectivity index is 2.84. The van der Waals surface area contributed by atoms with Gasteiger partial charge in [-0.3, -0.25) is 4.79 Å². The highest BCUT2D eigenvalue weighted by atomic mass is 32.2. The fourth-order valence-corrected chi connectivity index (χ4v) is 2.94. The van der Waals surface area contributed by atoms with Gasteiger partial charge in [0.1, 0.15) is 4.91 Å². The number of allylic oxidation sites excluding steroid dienone is 1. The average Bonchev–Trinajstić information content (AvgIpc) is 2.40. The number of aldehydes is 1. The van der Waals surface area contributed by atoms with Gasteiger partial charge in [0, 0.05) is 0 Å². The van der Waals surface area contributed by atoms with Gasteiger partial charge in [0.25, 0.3) is 0 Å². The maximum absolute atomic E-state index is 11.7. The maximum atomic E-state index is 11.7. The Kier molecular flexibility index (Phi) is 1.82. The highest BCUT2D eigenvalue weighted by molar-refractivity contribution is 7.96. The Morgan fingerprint density at radius 2 is 2.00 bits per heavy atom. The molecular formula is C10H8O3S. The Morgan fingerprint density at radius 1 is 1.29 bits per heavy atom. The molecule has 72 valence electrons. The third-order valence-electron chi connectivity index (χ3n) is 2.29. The van der Waals surface area contributed by atoms with Crippen molar-refractivity contribution in [2.75, 3.05) is 0 Å². The van der Waals surface area contributed by atoms with E-state index < -0.39 is 9.84 Å². The molecule has 0 saturated carbocycles. The zero-order chi connectivity index (χ0) is 10.3. The molecule has 4 heteroatoms. The Labute approximate surface area is 82.0 Å². The smallest absolute Gasteiger partial charge is 0.210 e. The number of rotatable bonds is 1. The van der Waals surface area contributed by atoms with Crippen molar-refractivity contribution in [2.45, 2.75) is 11.8 Å². The van der Waals surface area contributed by atoms with Crippen LogP contribution in [0.1, 0.15) is 11.1 Å². The van der Waals surface area contributed by atoms with E-state index in [2.05, 4.69) is 0 Å². The van der Waals surface area contributed by atoms with Crippen molar-refractivity contribution >= 4 is 22.2 Å². The molecule has 1 heterocycles. The van der Waals surface area contributed by atoms with Crippen LogP contribution in [0.15, 0.2) is 28.0 Å². The van der Waals surface area contributed by atoms with Crippen LogP contribution in [-0.4, -0.2) is 14.7 Å². The van der Waals surface area contributed by atoms with E-state index >= 15 is 0 Å². The minimum atomic E-state index is -3.53. The number of carbonyl (C=O) groups excluding carboxylic acids is 1. The number of hydrogen-bond acceptors (Lipinski definition) is 3. The van der Waals surface area contributed by atoms with E-state index in [4.69, 9.17) is 0 Å². The SMILES string of the molecule is Cc1cccc2c1C=C(C=O)S2(=O)=O. The molecule has 0 fully saturated rings. The standard InChI is InChI=1S/C10H8O3S/c1-7-3-2-4-10-9(7)5-8(6-11)14(10,12)13/h2-6H,1H3. The molecule has 1 aromatic rings. The molecule has 3 nitrogen and oxygen atoms in total. The van der Waals surface area contributed by atoms with Crippen molar-refractivity contribution in [3.8, 4) is 0 Å². The Morgan fingerprint density at radius 3 is 2.57 bits per heavy atom. The van der Waals surface area contributed by atoms with Gasteiger partial charge in [-0.25, -0.2) is 8.42 Å². The van der Waals surface area contributed by atoms with Crippen molar-refractivity contribution in [3.63, 3.8) is 0 Å². The molecule has 0 aliphatic carbocycles. The van der Waals surface area contributed by atoms with E-state index in [1.165, 1.54) is 12.1 Å². The van der Waals surface area contributed by atoms with E-state index in [9.17, 15) is 13.2 Å². The molecule has 14 heavy (non-hydrogen) atoms. The Hall–Kier alpha value is -1.42. The number of hydrogen-bond donors (Lipinski definition) is 0. The molecule has 1 aliphatic rings. The summed E-state index contributed by atoms with van der Waals surface area (Å²) in [7, 11) is -3.53. The van der Waals surface area contributed by atoms with Crippen LogP contribution in [0.4, 0.5) is 0 Å². The van der Waals surface area contributed by atoms with Crippen LogP contribution in [0, 0.1) is 6.92 Å². The molecule has 0 unspecified atom stereocenters. The summed E-state index contributed by atoms with van der Waals surface area (Å²) in [6, 6.07) is 5.01. The first-order valence-corrected chi connectivity index (χ1v) is 5.57. The minimum Gasteiger partial charge on any atom is -0.297 e. The van der Waals surface area contributed by atoms with Crippen LogP contribution < -0.4 is 0 Å². The summed E-state index contributed by atoms with van der Waals surface area (Å²) in [5.74, 6) is 0. The molecule has 0 amide bonds. The van der Waals surface area contributed by atoms with Gasteiger partial charge < -0.3 is 0 Å². The lowest BCUT2D eigenvalue weighted by molar-refractivity contribution is -0.104. The summed E-state index contributed by atoms with van der Waals surface area (Å²) in [4.78, 5) is 10.6. The summed E-state index contributed by atoms with van der Waals surface area (Å²) < 4.78 is 23.3. The zero-order valence-electron chi connectivity index (χ0n) is 7.52. The second-order valence-electron chi connectivity index (χ2n) is 3.15. The quantitative estimate of drug-likeness (QED) is 0.654. The van der Waals surface area contributed by atoms with Crippen LogP contribution in [-0.2, 0) is 14.6 Å². The largest absolute Gasteiger partial charge is 0.297 e. The molecule has 0 aromatic heterocycles. The second kappa shape index (κ2) is 2.78. The lowest BCUT2D eigenvalue weighted by atomic mass is 10.1. The van der Waals surface area contributed by atoms with Crippen molar-refractivity contribution in [3.05, 3.63) is 34.2 Å². The van der Waals surface area contributed by atoms with Crippen LogP contribution in [0.25, 0.3) is 6.08 Å². The third kappa shape index (κ3) is 1.04. The minimum absolute atomic E-state index is 0.151. The van der Waals surface area contributed by atoms with Crippen LogP contribution in [0.2, 0.25) is 0 Å². The molecule has 0 atom stereocenters. The lowest BCUT2D eigenvalue weighted by Gasteiger charge is -2.00. The van der Waals surface area contributed by atoms with Crippen LogP contribution >= 0.6 is 0 Å². The van der Waals surface area contributed by atoms with E-state index in [0.717, 1.165) is 5.56 Å². The topological polar surface area (TPSA) is 51.2 Å². The molecule has 1 aliphatic heterocycles. The van der Waals surface area contributed by atoms with Crippen LogP contribution in [0.3, 0.4) is 0 Å². The molecule has 0 bridgehead atoms. The average molecular weight is 208 g/mol. The molecule has 2 rings (SSSR count). The van der Waals surface area contributed by atoms with Gasteiger partial charge >= 0.3 is 0 Å². The van der Waals surface area contributed by atoms with E-state index in [-0.39, 0.29) is 9.80 Å². The zero-order valence-corrected chi connectivity index (χ0v) is 8.34. The van der Waals surface area contributed by atoms with E-state index in [0.29, 0.717) is 11.8 Å². The highest BCUT2D eigenvalue weighted by Gasteiger charge is 2.29. The molecule has 1 aromatic carbocycles. The van der Waals surface area contributed by atoms with Crippen molar-refractivity contribution in [1.29, 1.82) is 0 Å². The number of benzene rings is 1. The van der Waals surface area contributed by atoms with Gasteiger partial charge in [-0.2, -0.15) is 0 Å². The normalized spacial score (nSPS) is 17.4. The van der Waals surface area contributed by atoms with Gasteiger partial charge in [0.05, 0.1) is 4.90 Å². The predicted molar refractivity (Wildman–Crippen MR) is 52.4 cm³/mol. The van der Waals surface area contributed by atoms with Gasteiger partial charge in [0.15, 0.2) is 6.29 Å². The first-order chi connectivity index (χ1) is 6.57. The number of carbonyl (C=O) groups is 1. The van der Waals surface area contributed by atoms with Gasteiger partial charge in [-0.05, 0) is 30.2 Å². The number of fused-ring (bicyclic) bond motifs is 1. The molecule has 0 N–H and O–H groups in total. The van der Waals surface area contributed by atoms with Crippen molar-refractivity contribution < 1.29 is 13.2 Å². The fourth-order valence-electron chi connectivity index (χ4n) is 1.52. The van der Waals surface area contributed by atoms with Crippen LogP contribution in [0.5, 0.6) is 0 Å². The van der Waals surface area contributed by atoms with Gasteiger partial charge in [0.2, 0.25) is 9.84 Å². The molecule has 0 radical (unpaired) electrons. The monoisotopic (exact) mass is 208 g/mol. The van der Waals surface area contributed by atoms with E-state index in [1.807, 2.05) is 13.0 Å². The predicted octanol–water partition coefficient (Wildman–Crippen LogP) is 1.32.